The van der Waals surface area contributed by atoms with E-state index in [9.17, 15) is 14.4 Å². The lowest BCUT2D eigenvalue weighted by Gasteiger charge is -2.14. The molecule has 0 spiro atoms. The van der Waals surface area contributed by atoms with Crippen molar-refractivity contribution < 1.29 is 19.1 Å². The average Bonchev–Trinajstić information content (AvgIpc) is 3.02. The largest absolute Gasteiger partial charge is 0.449 e. The number of halogens is 2. The first kappa shape index (κ1) is 23.5. The van der Waals surface area contributed by atoms with Crippen LogP contribution in [0.25, 0.3) is 0 Å². The molecule has 1 unspecified atom stereocenters. The topological polar surface area (TPSA) is 90.3 Å². The van der Waals surface area contributed by atoms with E-state index in [0.29, 0.717) is 22.0 Å². The molecule has 0 fully saturated rings. The number of hydrogen-bond acceptors (Lipinski definition) is 5. The monoisotopic (exact) mass is 473 g/mol. The summed E-state index contributed by atoms with van der Waals surface area (Å²) >= 11 is 12.6. The fraction of sp³-hybridized carbons (Fsp3) is 0.217. The zero-order valence-electron chi connectivity index (χ0n) is 17.7. The molecule has 1 aromatic heterocycles. The van der Waals surface area contributed by atoms with Crippen LogP contribution in [0.1, 0.15) is 45.8 Å². The summed E-state index contributed by atoms with van der Waals surface area (Å²) in [6.07, 6.45) is -1.11. The number of hydrogen-bond donors (Lipinski definition) is 1. The molecule has 32 heavy (non-hydrogen) atoms. The predicted octanol–water partition coefficient (Wildman–Crippen LogP) is 4.93. The molecule has 166 valence electrons. The summed E-state index contributed by atoms with van der Waals surface area (Å²) in [6.45, 7) is 4.78. The minimum atomic E-state index is -1.11. The highest BCUT2D eigenvalue weighted by atomic mass is 35.5. The number of esters is 1. The summed E-state index contributed by atoms with van der Waals surface area (Å²) < 4.78 is 6.77. The summed E-state index contributed by atoms with van der Waals surface area (Å²) in [5.41, 5.74) is 2.12. The van der Waals surface area contributed by atoms with E-state index < -0.39 is 18.0 Å². The number of anilines is 1. The van der Waals surface area contributed by atoms with Crippen LogP contribution >= 0.6 is 23.2 Å². The van der Waals surface area contributed by atoms with Crippen LogP contribution in [-0.4, -0.2) is 33.5 Å². The third-order valence-corrected chi connectivity index (χ3v) is 5.49. The summed E-state index contributed by atoms with van der Waals surface area (Å²) in [5, 5.41) is 7.58. The third-order valence-electron chi connectivity index (χ3n) is 4.74. The number of ether oxygens (including phenoxy) is 1. The molecule has 1 amide bonds. The van der Waals surface area contributed by atoms with E-state index in [1.54, 1.807) is 37.3 Å². The zero-order chi connectivity index (χ0) is 23.4. The number of benzene rings is 2. The molecule has 3 rings (SSSR count). The number of rotatable bonds is 7. The zero-order valence-corrected chi connectivity index (χ0v) is 19.2. The average molecular weight is 474 g/mol. The highest BCUT2D eigenvalue weighted by molar-refractivity contribution is 6.33. The molecule has 9 heteroatoms. The van der Waals surface area contributed by atoms with Gasteiger partial charge in [0.05, 0.1) is 12.2 Å². The van der Waals surface area contributed by atoms with Gasteiger partial charge in [0.25, 0.3) is 5.91 Å². The number of carbonyl (C=O) groups is 3. The van der Waals surface area contributed by atoms with E-state index in [2.05, 4.69) is 10.4 Å². The van der Waals surface area contributed by atoms with E-state index in [0.717, 1.165) is 5.56 Å². The van der Waals surface area contributed by atoms with Gasteiger partial charge in [0.1, 0.15) is 10.7 Å². The molecule has 0 saturated heterocycles. The molecule has 0 radical (unpaired) electrons. The van der Waals surface area contributed by atoms with E-state index in [1.807, 2.05) is 18.2 Å². The van der Waals surface area contributed by atoms with Crippen LogP contribution in [0.15, 0.2) is 48.5 Å². The van der Waals surface area contributed by atoms with E-state index in [4.69, 9.17) is 27.9 Å². The van der Waals surface area contributed by atoms with Gasteiger partial charge in [-0.3, -0.25) is 9.59 Å². The highest BCUT2D eigenvalue weighted by Gasteiger charge is 2.26. The van der Waals surface area contributed by atoms with E-state index >= 15 is 0 Å². The molecule has 1 N–H and O–H groups in total. The maximum Gasteiger partial charge on any atom is 0.343 e. The quantitative estimate of drug-likeness (QED) is 0.387. The standard InChI is InChI=1S/C23H21Cl2N3O4/c1-13-20(21(25)28(27-13)12-17-7-4-5-10-19(17)24)23(31)32-15(3)22(30)26-18-9-6-8-16(11-18)14(2)29/h4-11,15H,12H2,1-3H3,(H,26,30). The van der Waals surface area contributed by atoms with Gasteiger partial charge in [-0.15, -0.1) is 0 Å². The van der Waals surface area contributed by atoms with Crippen molar-refractivity contribution in [3.8, 4) is 0 Å². The second-order valence-electron chi connectivity index (χ2n) is 7.17. The number of amides is 1. The first-order valence-electron chi connectivity index (χ1n) is 9.76. The summed E-state index contributed by atoms with van der Waals surface area (Å²) in [5.74, 6) is -1.44. The van der Waals surface area contributed by atoms with Crippen LogP contribution in [0.4, 0.5) is 5.69 Å². The lowest BCUT2D eigenvalue weighted by atomic mass is 10.1. The lowest BCUT2D eigenvalue weighted by molar-refractivity contribution is -0.123. The smallest absolute Gasteiger partial charge is 0.343 e. The van der Waals surface area contributed by atoms with Crippen LogP contribution < -0.4 is 5.32 Å². The molecule has 1 atom stereocenters. The van der Waals surface area contributed by atoms with Crippen molar-refractivity contribution in [2.75, 3.05) is 5.32 Å². The fourth-order valence-corrected chi connectivity index (χ4v) is 3.52. The Hall–Kier alpha value is -3.16. The molecule has 3 aromatic rings. The van der Waals surface area contributed by atoms with Crippen molar-refractivity contribution in [2.45, 2.75) is 33.4 Å². The van der Waals surface area contributed by atoms with Gasteiger partial charge in [-0.05, 0) is 44.5 Å². The van der Waals surface area contributed by atoms with E-state index in [1.165, 1.54) is 18.5 Å². The number of nitrogens with zero attached hydrogens (tertiary/aromatic N) is 2. The van der Waals surface area contributed by atoms with Gasteiger partial charge in [0.2, 0.25) is 0 Å². The lowest BCUT2D eigenvalue weighted by Crippen LogP contribution is -2.30. The minimum Gasteiger partial charge on any atom is -0.449 e. The number of aromatic nitrogens is 2. The van der Waals surface area contributed by atoms with Gasteiger partial charge in [-0.25, -0.2) is 9.48 Å². The maximum absolute atomic E-state index is 12.7. The first-order valence-corrected chi connectivity index (χ1v) is 10.5. The summed E-state index contributed by atoms with van der Waals surface area (Å²) in [4.78, 5) is 36.7. The van der Waals surface area contributed by atoms with Gasteiger partial charge in [0.15, 0.2) is 11.9 Å². The Morgan fingerprint density at radius 3 is 2.53 bits per heavy atom. The van der Waals surface area contributed by atoms with Crippen LogP contribution in [0, 0.1) is 6.92 Å². The second kappa shape index (κ2) is 9.97. The molecule has 1 heterocycles. The number of Topliss-reactive ketones (excluding diaryl/α,β-unsaturated/α-hetero) is 1. The SMILES string of the molecule is CC(=O)c1cccc(NC(=O)C(C)OC(=O)c2c(C)nn(Cc3ccccc3Cl)c2Cl)c1. The Balaban J connectivity index is 1.70. The van der Waals surface area contributed by atoms with Crippen molar-refractivity contribution in [2.24, 2.45) is 0 Å². The number of nitrogens with one attached hydrogen (secondary N) is 1. The van der Waals surface area contributed by atoms with Gasteiger partial charge in [-0.2, -0.15) is 5.10 Å². The molecule has 0 aliphatic heterocycles. The number of ketones is 1. The fourth-order valence-electron chi connectivity index (χ4n) is 3.01. The molecule has 0 aliphatic carbocycles. The normalized spacial score (nSPS) is 11.7. The molecule has 0 bridgehead atoms. The number of aryl methyl sites for hydroxylation is 1. The Bertz CT molecular complexity index is 1190. The second-order valence-corrected chi connectivity index (χ2v) is 7.94. The van der Waals surface area contributed by atoms with Gasteiger partial charge in [0, 0.05) is 16.3 Å². The van der Waals surface area contributed by atoms with Gasteiger partial charge in [-0.1, -0.05) is 53.5 Å². The molecule has 0 aliphatic rings. The Morgan fingerprint density at radius 2 is 1.84 bits per heavy atom. The maximum atomic E-state index is 12.7. The Kier molecular flexibility index (Phi) is 7.33. The van der Waals surface area contributed by atoms with Crippen molar-refractivity contribution >= 4 is 46.5 Å². The minimum absolute atomic E-state index is 0.0805. The molecular weight excluding hydrogens is 453 g/mol. The van der Waals surface area contributed by atoms with Crippen molar-refractivity contribution in [3.05, 3.63) is 81.1 Å². The highest BCUT2D eigenvalue weighted by Crippen LogP contribution is 2.24. The predicted molar refractivity (Wildman–Crippen MR) is 122 cm³/mol. The summed E-state index contributed by atoms with van der Waals surface area (Å²) in [6, 6.07) is 13.7. The molecule has 0 saturated carbocycles. The first-order chi connectivity index (χ1) is 15.2. The van der Waals surface area contributed by atoms with Crippen LogP contribution in [0.3, 0.4) is 0 Å². The van der Waals surface area contributed by atoms with Gasteiger partial charge >= 0.3 is 5.97 Å². The van der Waals surface area contributed by atoms with Crippen LogP contribution in [0.2, 0.25) is 10.2 Å². The van der Waals surface area contributed by atoms with Crippen LogP contribution in [-0.2, 0) is 16.1 Å². The molecule has 7 nitrogen and oxygen atoms in total. The Morgan fingerprint density at radius 1 is 1.12 bits per heavy atom. The number of carbonyl (C=O) groups excluding carboxylic acids is 3. The Labute approximate surface area is 195 Å². The molecule has 2 aromatic carbocycles. The van der Waals surface area contributed by atoms with Crippen LogP contribution in [0.5, 0.6) is 0 Å². The van der Waals surface area contributed by atoms with Crippen molar-refractivity contribution in [3.63, 3.8) is 0 Å². The van der Waals surface area contributed by atoms with Gasteiger partial charge < -0.3 is 10.1 Å². The van der Waals surface area contributed by atoms with E-state index in [-0.39, 0.29) is 23.0 Å². The van der Waals surface area contributed by atoms with Crippen molar-refractivity contribution in [1.29, 1.82) is 0 Å². The summed E-state index contributed by atoms with van der Waals surface area (Å²) in [7, 11) is 0. The third kappa shape index (κ3) is 5.36. The van der Waals surface area contributed by atoms with Crippen molar-refractivity contribution in [1.82, 2.24) is 9.78 Å². The molecular formula is C23H21Cl2N3O4.